The van der Waals surface area contributed by atoms with Crippen LogP contribution in [-0.4, -0.2) is 25.5 Å². The van der Waals surface area contributed by atoms with Crippen molar-refractivity contribution in [1.29, 1.82) is 0 Å². The molecule has 0 aliphatic rings. The third-order valence-corrected chi connectivity index (χ3v) is 1.57. The first-order chi connectivity index (χ1) is 5.66. The van der Waals surface area contributed by atoms with E-state index in [0.29, 0.717) is 0 Å². The first kappa shape index (κ1) is 11.2. The van der Waals surface area contributed by atoms with Gasteiger partial charge < -0.3 is 4.90 Å². The van der Waals surface area contributed by atoms with E-state index in [0.717, 1.165) is 6.54 Å². The Morgan fingerprint density at radius 3 is 1.67 bits per heavy atom. The van der Waals surface area contributed by atoms with Gasteiger partial charge in [0.25, 0.3) is 0 Å². The number of nitrogens with zero attached hydrogens (tertiary/aromatic N) is 1. The van der Waals surface area contributed by atoms with E-state index >= 15 is 0 Å². The molecule has 12 heavy (non-hydrogen) atoms. The van der Waals surface area contributed by atoms with Crippen LogP contribution >= 0.6 is 0 Å². The molecule has 0 aliphatic carbocycles. The van der Waals surface area contributed by atoms with Gasteiger partial charge in [0.05, 0.1) is 0 Å². The molecule has 0 fully saturated rings. The van der Waals surface area contributed by atoms with Crippen LogP contribution in [0.25, 0.3) is 0 Å². The Balaban J connectivity index is 0.000000217. The Bertz CT molecular complexity index is 179. The maximum Gasteiger partial charge on any atom is -0.00533 e. The Hall–Kier alpha value is -0.820. The number of rotatable bonds is 1. The standard InChI is InChI=1S/C7H8.C4H11N/c1-7-5-3-2-4-6-7;1-4-5(2)3/h2-6H,1H3;4H2,1-3H3. The van der Waals surface area contributed by atoms with Crippen LogP contribution in [0.2, 0.25) is 0 Å². The SMILES string of the molecule is CCN(C)C.Cc1ccccc1. The second-order valence-electron chi connectivity index (χ2n) is 3.05. The molecule has 1 heteroatoms. The van der Waals surface area contributed by atoms with Crippen LogP contribution in [0.5, 0.6) is 0 Å². The molecule has 0 spiro atoms. The van der Waals surface area contributed by atoms with Gasteiger partial charge >= 0.3 is 0 Å². The minimum absolute atomic E-state index is 1.14. The van der Waals surface area contributed by atoms with Gasteiger partial charge in [-0.2, -0.15) is 0 Å². The summed E-state index contributed by atoms with van der Waals surface area (Å²) >= 11 is 0. The smallest absolute Gasteiger partial charge is 0.00533 e. The second kappa shape index (κ2) is 6.86. The van der Waals surface area contributed by atoms with Gasteiger partial charge in [-0.1, -0.05) is 42.8 Å². The molecule has 0 aliphatic heterocycles. The quantitative estimate of drug-likeness (QED) is 0.618. The van der Waals surface area contributed by atoms with Gasteiger partial charge in [0.1, 0.15) is 0 Å². The van der Waals surface area contributed by atoms with Crippen molar-refractivity contribution in [2.45, 2.75) is 13.8 Å². The third kappa shape index (κ3) is 7.29. The molecule has 0 radical (unpaired) electrons. The normalized spacial score (nSPS) is 9.08. The summed E-state index contributed by atoms with van der Waals surface area (Å²) in [6.45, 7) is 5.35. The zero-order valence-electron chi connectivity index (χ0n) is 8.54. The van der Waals surface area contributed by atoms with Crippen LogP contribution in [-0.2, 0) is 0 Å². The highest BCUT2D eigenvalue weighted by molar-refractivity contribution is 5.11. The molecule has 1 aromatic carbocycles. The molecular weight excluding hydrogens is 146 g/mol. The van der Waals surface area contributed by atoms with E-state index < -0.39 is 0 Å². The van der Waals surface area contributed by atoms with E-state index in [1.165, 1.54) is 5.56 Å². The van der Waals surface area contributed by atoms with Gasteiger partial charge in [0.2, 0.25) is 0 Å². The summed E-state index contributed by atoms with van der Waals surface area (Å²) in [7, 11) is 4.11. The Kier molecular flexibility index (Phi) is 6.39. The van der Waals surface area contributed by atoms with Gasteiger partial charge in [-0.15, -0.1) is 0 Å². The van der Waals surface area contributed by atoms with Crippen LogP contribution in [0.3, 0.4) is 0 Å². The second-order valence-corrected chi connectivity index (χ2v) is 3.05. The molecule has 1 rings (SSSR count). The molecule has 0 atom stereocenters. The van der Waals surface area contributed by atoms with Gasteiger partial charge in [-0.05, 0) is 27.6 Å². The lowest BCUT2D eigenvalue weighted by atomic mass is 10.2. The maximum atomic E-state index is 2.12. The number of hydrogen-bond donors (Lipinski definition) is 0. The van der Waals surface area contributed by atoms with Crippen molar-refractivity contribution >= 4 is 0 Å². The van der Waals surface area contributed by atoms with Gasteiger partial charge in [0, 0.05) is 0 Å². The van der Waals surface area contributed by atoms with E-state index in [-0.39, 0.29) is 0 Å². The molecule has 1 nitrogen and oxygen atoms in total. The van der Waals surface area contributed by atoms with Crippen LogP contribution in [0.1, 0.15) is 12.5 Å². The third-order valence-electron chi connectivity index (χ3n) is 1.57. The highest BCUT2D eigenvalue weighted by atomic mass is 15.0. The minimum Gasteiger partial charge on any atom is -0.310 e. The monoisotopic (exact) mass is 165 g/mol. The maximum absolute atomic E-state index is 2.12. The lowest BCUT2D eigenvalue weighted by Gasteiger charge is -2.00. The Morgan fingerprint density at radius 1 is 1.08 bits per heavy atom. The van der Waals surface area contributed by atoms with Crippen molar-refractivity contribution in [3.8, 4) is 0 Å². The fourth-order valence-electron chi connectivity index (χ4n) is 0.534. The molecule has 0 amide bonds. The van der Waals surface area contributed by atoms with Gasteiger partial charge in [0.15, 0.2) is 0 Å². The lowest BCUT2D eigenvalue weighted by molar-refractivity contribution is 0.434. The molecule has 1 aromatic rings. The highest BCUT2D eigenvalue weighted by Gasteiger charge is 1.72. The summed E-state index contributed by atoms with van der Waals surface area (Å²) in [4.78, 5) is 2.12. The average Bonchev–Trinajstić information content (AvgIpc) is 2.07. The Morgan fingerprint density at radius 2 is 1.50 bits per heavy atom. The van der Waals surface area contributed by atoms with E-state index in [4.69, 9.17) is 0 Å². The van der Waals surface area contributed by atoms with Crippen LogP contribution in [0, 0.1) is 6.92 Å². The molecule has 0 aromatic heterocycles. The average molecular weight is 165 g/mol. The molecule has 0 saturated carbocycles. The molecular formula is C11H19N. The molecule has 68 valence electrons. The molecule has 0 unspecified atom stereocenters. The van der Waals surface area contributed by atoms with E-state index in [9.17, 15) is 0 Å². The summed E-state index contributed by atoms with van der Waals surface area (Å²) in [6.07, 6.45) is 0. The van der Waals surface area contributed by atoms with Crippen molar-refractivity contribution in [2.24, 2.45) is 0 Å². The van der Waals surface area contributed by atoms with Crippen molar-refractivity contribution in [2.75, 3.05) is 20.6 Å². The lowest BCUT2D eigenvalue weighted by Crippen LogP contribution is -2.08. The number of aryl methyl sites for hydroxylation is 1. The van der Waals surface area contributed by atoms with Crippen molar-refractivity contribution in [1.82, 2.24) is 4.90 Å². The van der Waals surface area contributed by atoms with Crippen LogP contribution in [0.15, 0.2) is 30.3 Å². The van der Waals surface area contributed by atoms with Crippen molar-refractivity contribution < 1.29 is 0 Å². The van der Waals surface area contributed by atoms with Gasteiger partial charge in [-0.25, -0.2) is 0 Å². The van der Waals surface area contributed by atoms with Crippen molar-refractivity contribution in [3.63, 3.8) is 0 Å². The number of benzene rings is 1. The summed E-state index contributed by atoms with van der Waals surface area (Å²) in [5.74, 6) is 0. The topological polar surface area (TPSA) is 3.24 Å². The summed E-state index contributed by atoms with van der Waals surface area (Å²) in [5, 5.41) is 0. The summed E-state index contributed by atoms with van der Waals surface area (Å²) < 4.78 is 0. The predicted molar refractivity (Wildman–Crippen MR) is 55.4 cm³/mol. The first-order valence-corrected chi connectivity index (χ1v) is 4.33. The number of hydrogen-bond acceptors (Lipinski definition) is 1. The van der Waals surface area contributed by atoms with Crippen LogP contribution in [0.4, 0.5) is 0 Å². The summed E-state index contributed by atoms with van der Waals surface area (Å²) in [6, 6.07) is 10.3. The first-order valence-electron chi connectivity index (χ1n) is 4.33. The van der Waals surface area contributed by atoms with Crippen molar-refractivity contribution in [3.05, 3.63) is 35.9 Å². The van der Waals surface area contributed by atoms with E-state index in [2.05, 4.69) is 45.0 Å². The fraction of sp³-hybridized carbons (Fsp3) is 0.455. The fourth-order valence-corrected chi connectivity index (χ4v) is 0.534. The molecule has 0 bridgehead atoms. The minimum atomic E-state index is 1.14. The van der Waals surface area contributed by atoms with Gasteiger partial charge in [-0.3, -0.25) is 0 Å². The predicted octanol–water partition coefficient (Wildman–Crippen LogP) is 2.56. The zero-order valence-corrected chi connectivity index (χ0v) is 8.54. The molecule has 0 saturated heterocycles. The van der Waals surface area contributed by atoms with E-state index in [1.807, 2.05) is 18.2 Å². The molecule has 0 heterocycles. The summed E-state index contributed by atoms with van der Waals surface area (Å²) in [5.41, 5.74) is 1.32. The molecule has 0 N–H and O–H groups in total. The Labute approximate surface area is 76.0 Å². The zero-order chi connectivity index (χ0) is 9.40. The van der Waals surface area contributed by atoms with E-state index in [1.54, 1.807) is 0 Å². The highest BCUT2D eigenvalue weighted by Crippen LogP contribution is 1.92. The van der Waals surface area contributed by atoms with Crippen LogP contribution < -0.4 is 0 Å². The largest absolute Gasteiger partial charge is 0.310 e.